The van der Waals surface area contributed by atoms with Gasteiger partial charge in [0.15, 0.2) is 0 Å². The Balaban J connectivity index is 1.85. The van der Waals surface area contributed by atoms with Crippen LogP contribution in [0.1, 0.15) is 11.3 Å². The number of hydrogen-bond acceptors (Lipinski definition) is 4. The second-order valence-electron chi connectivity index (χ2n) is 5.23. The van der Waals surface area contributed by atoms with Crippen molar-refractivity contribution in [2.75, 3.05) is 0 Å². The Bertz CT molecular complexity index is 954. The number of aryl methyl sites for hydroxylation is 2. The molecule has 2 heterocycles. The van der Waals surface area contributed by atoms with Gasteiger partial charge in [0.05, 0.1) is 28.7 Å². The van der Waals surface area contributed by atoms with Crippen LogP contribution >= 0.6 is 0 Å². The lowest BCUT2D eigenvalue weighted by Crippen LogP contribution is -2.12. The Labute approximate surface area is 126 Å². The molecule has 1 aliphatic rings. The van der Waals surface area contributed by atoms with Gasteiger partial charge in [-0.2, -0.15) is 10.2 Å². The van der Waals surface area contributed by atoms with Crippen LogP contribution in [0.15, 0.2) is 41.6 Å². The van der Waals surface area contributed by atoms with Crippen molar-refractivity contribution in [3.63, 3.8) is 0 Å². The fraction of sp³-hybridized carbons (Fsp3) is 0.143. The molecule has 0 saturated carbocycles. The zero-order valence-electron chi connectivity index (χ0n) is 11.5. The minimum Gasteiger partial charge on any atom is -0.282 e. The van der Waals surface area contributed by atoms with Gasteiger partial charge < -0.3 is 0 Å². The van der Waals surface area contributed by atoms with Gasteiger partial charge in [-0.15, -0.1) is 0 Å². The summed E-state index contributed by atoms with van der Waals surface area (Å²) >= 11 is 0. The summed E-state index contributed by atoms with van der Waals surface area (Å²) < 4.78 is 24.5. The third kappa shape index (κ3) is 1.96. The van der Waals surface area contributed by atoms with Crippen molar-refractivity contribution in [2.45, 2.75) is 17.7 Å². The molecule has 0 aliphatic heterocycles. The molecule has 0 bridgehead atoms. The summed E-state index contributed by atoms with van der Waals surface area (Å²) in [4.78, 5) is 0.0845. The van der Waals surface area contributed by atoms with E-state index < -0.39 is 10.0 Å². The Kier molecular flexibility index (Phi) is 2.72. The van der Waals surface area contributed by atoms with E-state index in [9.17, 15) is 8.42 Å². The number of aromatic amines is 1. The molecule has 7 nitrogen and oxygen atoms in total. The summed E-state index contributed by atoms with van der Waals surface area (Å²) in [6.45, 7) is 0. The van der Waals surface area contributed by atoms with E-state index in [1.54, 1.807) is 23.0 Å². The van der Waals surface area contributed by atoms with Crippen LogP contribution in [0.2, 0.25) is 0 Å². The minimum atomic E-state index is -3.69. The predicted octanol–water partition coefficient (Wildman–Crippen LogP) is 1.01. The Morgan fingerprint density at radius 2 is 1.91 bits per heavy atom. The first kappa shape index (κ1) is 13.2. The topological polar surface area (TPSA) is 107 Å². The number of nitrogens with one attached hydrogen (secondary N) is 1. The van der Waals surface area contributed by atoms with Crippen molar-refractivity contribution < 1.29 is 8.42 Å². The van der Waals surface area contributed by atoms with Crippen LogP contribution in [-0.2, 0) is 22.9 Å². The molecule has 1 aliphatic carbocycles. The van der Waals surface area contributed by atoms with Gasteiger partial charge in [0.1, 0.15) is 0 Å². The quantitative estimate of drug-likeness (QED) is 0.736. The van der Waals surface area contributed by atoms with E-state index in [1.165, 1.54) is 12.1 Å². The molecular formula is C14H13N5O2S. The molecule has 0 unspecified atom stereocenters. The Morgan fingerprint density at radius 1 is 1.14 bits per heavy atom. The first-order chi connectivity index (χ1) is 10.5. The number of benzene rings is 1. The number of rotatable bonds is 2. The zero-order chi connectivity index (χ0) is 15.3. The molecule has 0 fully saturated rings. The minimum absolute atomic E-state index is 0.0845. The van der Waals surface area contributed by atoms with Crippen molar-refractivity contribution in [2.24, 2.45) is 5.14 Å². The normalized spacial score (nSPS) is 13.7. The lowest BCUT2D eigenvalue weighted by atomic mass is 9.96. The van der Waals surface area contributed by atoms with E-state index in [2.05, 4.69) is 15.3 Å². The lowest BCUT2D eigenvalue weighted by Gasteiger charge is -2.14. The molecule has 2 aromatic heterocycles. The number of fused-ring (bicyclic) bond motifs is 3. The number of nitrogens with zero attached hydrogens (tertiary/aromatic N) is 3. The molecule has 0 saturated heterocycles. The summed E-state index contributed by atoms with van der Waals surface area (Å²) in [5, 5.41) is 16.7. The molecule has 3 N–H and O–H groups in total. The van der Waals surface area contributed by atoms with Crippen LogP contribution < -0.4 is 5.14 Å². The van der Waals surface area contributed by atoms with Crippen molar-refractivity contribution >= 4 is 10.0 Å². The number of primary sulfonamides is 1. The van der Waals surface area contributed by atoms with E-state index >= 15 is 0 Å². The maximum atomic E-state index is 11.3. The van der Waals surface area contributed by atoms with Gasteiger partial charge in [-0.25, -0.2) is 18.2 Å². The summed E-state index contributed by atoms with van der Waals surface area (Å²) in [5.74, 6) is 0. The first-order valence-corrected chi connectivity index (χ1v) is 8.31. The summed E-state index contributed by atoms with van der Waals surface area (Å²) in [6, 6.07) is 6.36. The third-order valence-corrected chi connectivity index (χ3v) is 4.80. The zero-order valence-corrected chi connectivity index (χ0v) is 12.3. The smallest absolute Gasteiger partial charge is 0.238 e. The molecule has 0 amide bonds. The molecule has 0 radical (unpaired) electrons. The van der Waals surface area contributed by atoms with E-state index in [0.717, 1.165) is 41.0 Å². The Hall–Kier alpha value is -2.45. The fourth-order valence-electron chi connectivity index (χ4n) is 2.79. The molecule has 0 atom stereocenters. The number of nitrogens with two attached hydrogens (primary N) is 1. The molecular weight excluding hydrogens is 302 g/mol. The molecule has 4 rings (SSSR count). The van der Waals surface area contributed by atoms with E-state index in [1.807, 2.05) is 6.20 Å². The maximum absolute atomic E-state index is 11.3. The summed E-state index contributed by atoms with van der Waals surface area (Å²) in [6.07, 6.45) is 5.46. The molecule has 8 heteroatoms. The lowest BCUT2D eigenvalue weighted by molar-refractivity contribution is 0.598. The highest BCUT2D eigenvalue weighted by Gasteiger charge is 2.23. The predicted molar refractivity (Wildman–Crippen MR) is 79.9 cm³/mol. The number of sulfonamides is 1. The number of aromatic nitrogens is 4. The molecule has 1 aromatic carbocycles. The van der Waals surface area contributed by atoms with Crippen LogP contribution in [0.3, 0.4) is 0 Å². The number of H-pyrrole nitrogens is 1. The van der Waals surface area contributed by atoms with E-state index in [-0.39, 0.29) is 4.90 Å². The number of hydrogen-bond donors (Lipinski definition) is 2. The highest BCUT2D eigenvalue weighted by Crippen LogP contribution is 2.33. The van der Waals surface area contributed by atoms with Crippen molar-refractivity contribution in [1.29, 1.82) is 0 Å². The van der Waals surface area contributed by atoms with Gasteiger partial charge in [-0.05, 0) is 42.7 Å². The summed E-state index contributed by atoms with van der Waals surface area (Å²) in [7, 11) is -3.69. The van der Waals surface area contributed by atoms with Gasteiger partial charge in [0.25, 0.3) is 0 Å². The average Bonchev–Trinajstić information content (AvgIpc) is 3.12. The largest absolute Gasteiger partial charge is 0.282 e. The van der Waals surface area contributed by atoms with E-state index in [0.29, 0.717) is 0 Å². The van der Waals surface area contributed by atoms with Gasteiger partial charge >= 0.3 is 0 Å². The van der Waals surface area contributed by atoms with Crippen LogP contribution in [0.4, 0.5) is 0 Å². The monoisotopic (exact) mass is 315 g/mol. The highest BCUT2D eigenvalue weighted by molar-refractivity contribution is 7.89. The fourth-order valence-corrected chi connectivity index (χ4v) is 3.31. The van der Waals surface area contributed by atoms with Crippen LogP contribution in [0, 0.1) is 0 Å². The van der Waals surface area contributed by atoms with Gasteiger partial charge in [0.2, 0.25) is 10.0 Å². The van der Waals surface area contributed by atoms with Crippen molar-refractivity contribution in [3.8, 4) is 16.9 Å². The van der Waals surface area contributed by atoms with Gasteiger partial charge in [-0.3, -0.25) is 5.10 Å². The van der Waals surface area contributed by atoms with Gasteiger partial charge in [0, 0.05) is 11.3 Å². The standard InChI is InChI=1S/C14H13N5O2S/c15-22(20,21)11-4-2-10(3-5-11)19-14-9(7-17-19)1-6-13-12(14)8-16-18-13/h2-5,7-8H,1,6H2,(H,16,18)(H2,15,20,21). The molecule has 3 aromatic rings. The molecule has 22 heavy (non-hydrogen) atoms. The maximum Gasteiger partial charge on any atom is 0.238 e. The van der Waals surface area contributed by atoms with Gasteiger partial charge in [-0.1, -0.05) is 0 Å². The van der Waals surface area contributed by atoms with Crippen molar-refractivity contribution in [1.82, 2.24) is 20.0 Å². The third-order valence-electron chi connectivity index (χ3n) is 3.87. The second-order valence-corrected chi connectivity index (χ2v) is 6.79. The molecule has 0 spiro atoms. The average molecular weight is 315 g/mol. The highest BCUT2D eigenvalue weighted by atomic mass is 32.2. The second kappa shape index (κ2) is 4.52. The SMILES string of the molecule is NS(=O)(=O)c1ccc(-n2ncc3c2-c2cn[nH]c2CC3)cc1. The Morgan fingerprint density at radius 3 is 2.64 bits per heavy atom. The molecule has 112 valence electrons. The first-order valence-electron chi connectivity index (χ1n) is 6.77. The van der Waals surface area contributed by atoms with Crippen LogP contribution in [0.5, 0.6) is 0 Å². The summed E-state index contributed by atoms with van der Waals surface area (Å²) in [5.41, 5.74) is 5.06. The van der Waals surface area contributed by atoms with E-state index in [4.69, 9.17) is 5.14 Å². The van der Waals surface area contributed by atoms with Crippen molar-refractivity contribution in [3.05, 3.63) is 47.9 Å². The van der Waals surface area contributed by atoms with Crippen LogP contribution in [0.25, 0.3) is 16.9 Å². The van der Waals surface area contributed by atoms with Crippen LogP contribution in [-0.4, -0.2) is 28.4 Å².